The van der Waals surface area contributed by atoms with Crippen LogP contribution in [-0.2, 0) is 16.6 Å². The Balaban J connectivity index is 1.50. The Hall–Kier alpha value is -4.77. The van der Waals surface area contributed by atoms with Crippen molar-refractivity contribution >= 4 is 34.9 Å². The number of nitrogens with one attached hydrogen (secondary N) is 1. The average molecular weight is 553 g/mol. The van der Waals surface area contributed by atoms with Gasteiger partial charge in [0.15, 0.2) is 11.6 Å². The summed E-state index contributed by atoms with van der Waals surface area (Å²) in [4.78, 5) is 46.1. The third-order valence-electron chi connectivity index (χ3n) is 9.17. The molecule has 7 rings (SSSR count). The standard InChI is InChI=1S/C37H32N2O3/c1-3-9-24-15-17-26(18-16-24)34(40)32-33(35(41)25-10-5-4-6-11-25)39-30-20-14-23(2)22-27(30)19-21-31(39)37(32)28-12-7-8-13-29(28)38-36(37)42/h4-8,10-22,31-33H,3,9H2,1-2H3,(H,38,42)/t31-,32-,33+,37-/m0/s1. The predicted octanol–water partition coefficient (Wildman–Crippen LogP) is 6.80. The van der Waals surface area contributed by atoms with Crippen molar-refractivity contribution < 1.29 is 14.4 Å². The molecule has 0 bridgehead atoms. The largest absolute Gasteiger partial charge is 0.352 e. The Labute approximate surface area is 245 Å². The zero-order chi connectivity index (χ0) is 29.0. The molecule has 0 radical (unpaired) electrons. The molecule has 0 unspecified atom stereocenters. The molecule has 3 aliphatic heterocycles. The Morgan fingerprint density at radius 1 is 0.857 bits per heavy atom. The van der Waals surface area contributed by atoms with E-state index in [1.165, 1.54) is 0 Å². The fourth-order valence-electron chi connectivity index (χ4n) is 7.38. The minimum Gasteiger partial charge on any atom is -0.352 e. The summed E-state index contributed by atoms with van der Waals surface area (Å²) in [6.45, 7) is 4.16. The fourth-order valence-corrected chi connectivity index (χ4v) is 7.38. The molecule has 42 heavy (non-hydrogen) atoms. The number of hydrogen-bond donors (Lipinski definition) is 1. The maximum Gasteiger partial charge on any atom is 0.238 e. The summed E-state index contributed by atoms with van der Waals surface area (Å²) in [7, 11) is 0. The zero-order valence-corrected chi connectivity index (χ0v) is 23.7. The first-order valence-electron chi connectivity index (χ1n) is 14.7. The van der Waals surface area contributed by atoms with Gasteiger partial charge < -0.3 is 10.2 Å². The summed E-state index contributed by atoms with van der Waals surface area (Å²) in [5.41, 5.74) is 5.25. The molecule has 208 valence electrons. The Morgan fingerprint density at radius 2 is 1.57 bits per heavy atom. The number of anilines is 2. The number of nitrogens with zero attached hydrogens (tertiary/aromatic N) is 1. The van der Waals surface area contributed by atoms with E-state index in [0.29, 0.717) is 16.8 Å². The van der Waals surface area contributed by atoms with Crippen molar-refractivity contribution in [3.05, 3.63) is 137 Å². The van der Waals surface area contributed by atoms with Crippen molar-refractivity contribution in [2.24, 2.45) is 5.92 Å². The molecule has 1 N–H and O–H groups in total. The van der Waals surface area contributed by atoms with Gasteiger partial charge in [-0.2, -0.15) is 0 Å². The number of ketones is 2. The second kappa shape index (κ2) is 9.95. The number of benzene rings is 4. The molecule has 1 saturated heterocycles. The van der Waals surface area contributed by atoms with Gasteiger partial charge in [0, 0.05) is 22.5 Å². The number of amides is 1. The van der Waals surface area contributed by atoms with Gasteiger partial charge in [-0.15, -0.1) is 0 Å². The Morgan fingerprint density at radius 3 is 2.33 bits per heavy atom. The first kappa shape index (κ1) is 26.1. The van der Waals surface area contributed by atoms with E-state index in [4.69, 9.17) is 0 Å². The molecule has 3 heterocycles. The zero-order valence-electron chi connectivity index (χ0n) is 23.7. The molecule has 0 aromatic heterocycles. The number of carbonyl (C=O) groups is 3. The molecule has 4 aromatic rings. The maximum absolute atomic E-state index is 14.9. The van der Waals surface area contributed by atoms with Crippen LogP contribution in [-0.4, -0.2) is 29.6 Å². The second-order valence-electron chi connectivity index (χ2n) is 11.6. The van der Waals surface area contributed by atoms with Crippen LogP contribution in [0.25, 0.3) is 6.08 Å². The van der Waals surface area contributed by atoms with Crippen LogP contribution in [0.2, 0.25) is 0 Å². The first-order chi connectivity index (χ1) is 20.4. The lowest BCUT2D eigenvalue weighted by atomic mass is 9.64. The highest BCUT2D eigenvalue weighted by atomic mass is 16.2. The van der Waals surface area contributed by atoms with Crippen molar-refractivity contribution in [3.63, 3.8) is 0 Å². The SMILES string of the molecule is CCCc1ccc(C(=O)[C@@H]2[C@H](C(=O)c3ccccc3)N3c4ccc(C)cc4C=C[C@H]3[C@]23C(=O)Nc2ccccc23)cc1. The normalized spacial score (nSPS) is 23.3. The van der Waals surface area contributed by atoms with Gasteiger partial charge in [0.2, 0.25) is 5.91 Å². The molecule has 4 atom stereocenters. The van der Waals surface area contributed by atoms with Gasteiger partial charge >= 0.3 is 0 Å². The molecule has 1 amide bonds. The molecule has 5 heteroatoms. The summed E-state index contributed by atoms with van der Waals surface area (Å²) < 4.78 is 0. The van der Waals surface area contributed by atoms with Crippen LogP contribution in [0.4, 0.5) is 11.4 Å². The number of carbonyl (C=O) groups excluding carboxylic acids is 3. The molecule has 1 spiro atoms. The van der Waals surface area contributed by atoms with Crippen LogP contribution >= 0.6 is 0 Å². The van der Waals surface area contributed by atoms with E-state index in [-0.39, 0.29) is 17.5 Å². The van der Waals surface area contributed by atoms with Gasteiger partial charge in [-0.3, -0.25) is 14.4 Å². The number of fused-ring (bicyclic) bond motifs is 6. The van der Waals surface area contributed by atoms with E-state index < -0.39 is 23.4 Å². The van der Waals surface area contributed by atoms with E-state index in [0.717, 1.165) is 40.8 Å². The lowest BCUT2D eigenvalue weighted by Gasteiger charge is -2.37. The van der Waals surface area contributed by atoms with Crippen molar-refractivity contribution in [1.29, 1.82) is 0 Å². The minimum atomic E-state index is -1.30. The number of hydrogen-bond acceptors (Lipinski definition) is 4. The molecule has 0 aliphatic carbocycles. The highest BCUT2D eigenvalue weighted by Crippen LogP contribution is 2.58. The summed E-state index contributed by atoms with van der Waals surface area (Å²) in [5, 5.41) is 3.09. The molecule has 0 saturated carbocycles. The number of rotatable bonds is 6. The summed E-state index contributed by atoms with van der Waals surface area (Å²) >= 11 is 0. The molecule has 5 nitrogen and oxygen atoms in total. The van der Waals surface area contributed by atoms with Crippen LogP contribution in [0.3, 0.4) is 0 Å². The minimum absolute atomic E-state index is 0.169. The van der Waals surface area contributed by atoms with Crippen molar-refractivity contribution in [3.8, 4) is 0 Å². The summed E-state index contributed by atoms with van der Waals surface area (Å²) in [6.07, 6.45) is 5.98. The van der Waals surface area contributed by atoms with Crippen LogP contribution in [0.15, 0.2) is 103 Å². The molecule has 3 aliphatic rings. The van der Waals surface area contributed by atoms with Crippen LogP contribution in [0, 0.1) is 12.8 Å². The Kier molecular flexibility index (Phi) is 6.19. The van der Waals surface area contributed by atoms with Crippen LogP contribution in [0.1, 0.15) is 56.3 Å². The van der Waals surface area contributed by atoms with Gasteiger partial charge in [0.05, 0.1) is 12.0 Å². The summed E-state index contributed by atoms with van der Waals surface area (Å²) in [6, 6.07) is 29.1. The fraction of sp³-hybridized carbons (Fsp3) is 0.216. The van der Waals surface area contributed by atoms with Crippen molar-refractivity contribution in [2.45, 2.75) is 44.2 Å². The lowest BCUT2D eigenvalue weighted by molar-refractivity contribution is -0.121. The van der Waals surface area contributed by atoms with Gasteiger partial charge in [0.1, 0.15) is 11.5 Å². The highest BCUT2D eigenvalue weighted by molar-refractivity contribution is 6.18. The van der Waals surface area contributed by atoms with Gasteiger partial charge in [0.25, 0.3) is 0 Å². The summed E-state index contributed by atoms with van der Waals surface area (Å²) in [5.74, 6) is -1.58. The quantitative estimate of drug-likeness (QED) is 0.267. The van der Waals surface area contributed by atoms with Gasteiger partial charge in [-0.1, -0.05) is 110 Å². The Bertz CT molecular complexity index is 1760. The van der Waals surface area contributed by atoms with E-state index >= 15 is 0 Å². The number of para-hydroxylation sites is 1. The third kappa shape index (κ3) is 3.73. The highest BCUT2D eigenvalue weighted by Gasteiger charge is 2.70. The molecular formula is C37H32N2O3. The van der Waals surface area contributed by atoms with Crippen molar-refractivity contribution in [1.82, 2.24) is 0 Å². The van der Waals surface area contributed by atoms with Crippen LogP contribution in [0.5, 0.6) is 0 Å². The van der Waals surface area contributed by atoms with Crippen LogP contribution < -0.4 is 10.2 Å². The molecule has 4 aromatic carbocycles. The number of aryl methyl sites for hydroxylation is 2. The van der Waals surface area contributed by atoms with E-state index in [9.17, 15) is 14.4 Å². The second-order valence-corrected chi connectivity index (χ2v) is 11.6. The lowest BCUT2D eigenvalue weighted by Crippen LogP contribution is -2.51. The maximum atomic E-state index is 14.9. The molecule has 1 fully saturated rings. The smallest absolute Gasteiger partial charge is 0.238 e. The van der Waals surface area contributed by atoms with E-state index in [2.05, 4.69) is 23.2 Å². The van der Waals surface area contributed by atoms with Gasteiger partial charge in [-0.05, 0) is 48.2 Å². The average Bonchev–Trinajstić information content (AvgIpc) is 3.49. The van der Waals surface area contributed by atoms with Gasteiger partial charge in [-0.25, -0.2) is 0 Å². The van der Waals surface area contributed by atoms with Crippen molar-refractivity contribution in [2.75, 3.05) is 10.2 Å². The topological polar surface area (TPSA) is 66.5 Å². The third-order valence-corrected chi connectivity index (χ3v) is 9.17. The predicted molar refractivity (Wildman–Crippen MR) is 166 cm³/mol. The number of Topliss-reactive ketones (excluding diaryl/α,β-unsaturated/α-hetero) is 2. The monoisotopic (exact) mass is 552 g/mol. The van der Waals surface area contributed by atoms with E-state index in [1.54, 1.807) is 12.1 Å². The van der Waals surface area contributed by atoms with E-state index in [1.807, 2.05) is 97.9 Å². The first-order valence-corrected chi connectivity index (χ1v) is 14.7. The molecular weight excluding hydrogens is 520 g/mol.